The summed E-state index contributed by atoms with van der Waals surface area (Å²) >= 11 is 0. The van der Waals surface area contributed by atoms with E-state index in [1.165, 1.54) is 7.11 Å². The fraction of sp³-hybridized carbons (Fsp3) is 0.778. The lowest BCUT2D eigenvalue weighted by molar-refractivity contribution is -0.146. The van der Waals surface area contributed by atoms with Crippen LogP contribution in [0.15, 0.2) is 0 Å². The number of hydrogen-bond donors (Lipinski definition) is 2. The monoisotopic (exact) mass is 220 g/mol. The van der Waals surface area contributed by atoms with E-state index in [0.717, 1.165) is 25.7 Å². The Hall–Kier alpha value is -0.770. The van der Waals surface area contributed by atoms with Crippen LogP contribution in [0.5, 0.6) is 0 Å². The van der Waals surface area contributed by atoms with Gasteiger partial charge in [0.05, 0.1) is 18.9 Å². The maximum atomic E-state index is 11.1. The summed E-state index contributed by atoms with van der Waals surface area (Å²) < 4.78 is 4.66. The van der Waals surface area contributed by atoms with Gasteiger partial charge >= 0.3 is 5.97 Å². The third kappa shape index (κ3) is 3.18. The first-order chi connectivity index (χ1) is 6.15. The number of carbonyl (C=O) groups is 1. The Morgan fingerprint density at radius 1 is 1.29 bits per heavy atom. The molecule has 0 spiro atoms. The zero-order valence-electron chi connectivity index (χ0n) is 8.29. The van der Waals surface area contributed by atoms with Crippen LogP contribution < -0.4 is 5.73 Å². The number of carbonyl (C=O) groups excluding carboxylic acids is 1. The Balaban J connectivity index is 0.00000169. The number of amidine groups is 1. The van der Waals surface area contributed by atoms with Gasteiger partial charge in [0, 0.05) is 5.92 Å². The Morgan fingerprint density at radius 3 is 2.07 bits per heavy atom. The van der Waals surface area contributed by atoms with Gasteiger partial charge in [-0.15, -0.1) is 12.4 Å². The molecule has 0 aromatic heterocycles. The minimum absolute atomic E-state index is 0. The summed E-state index contributed by atoms with van der Waals surface area (Å²) in [5.41, 5.74) is 5.39. The lowest BCUT2D eigenvalue weighted by Gasteiger charge is -2.25. The molecule has 0 unspecified atom stereocenters. The molecule has 1 saturated carbocycles. The molecule has 0 heterocycles. The molecule has 0 bridgehead atoms. The van der Waals surface area contributed by atoms with E-state index in [0.29, 0.717) is 0 Å². The largest absolute Gasteiger partial charge is 0.469 e. The van der Waals surface area contributed by atoms with Crippen molar-refractivity contribution in [1.29, 1.82) is 5.41 Å². The van der Waals surface area contributed by atoms with Crippen molar-refractivity contribution in [2.45, 2.75) is 25.7 Å². The highest BCUT2D eigenvalue weighted by Gasteiger charge is 2.27. The van der Waals surface area contributed by atoms with Gasteiger partial charge in [-0.1, -0.05) is 0 Å². The van der Waals surface area contributed by atoms with Gasteiger partial charge in [0.2, 0.25) is 0 Å². The Morgan fingerprint density at radius 2 is 1.71 bits per heavy atom. The fourth-order valence-electron chi connectivity index (χ4n) is 1.81. The van der Waals surface area contributed by atoms with Crippen LogP contribution in [0.1, 0.15) is 25.7 Å². The van der Waals surface area contributed by atoms with E-state index in [-0.39, 0.29) is 36.0 Å². The molecule has 1 rings (SSSR count). The summed E-state index contributed by atoms with van der Waals surface area (Å²) in [6, 6.07) is 0. The van der Waals surface area contributed by atoms with Gasteiger partial charge in [0.1, 0.15) is 0 Å². The van der Waals surface area contributed by atoms with Crippen molar-refractivity contribution in [3.05, 3.63) is 0 Å². The van der Waals surface area contributed by atoms with Crippen LogP contribution in [-0.4, -0.2) is 18.9 Å². The number of nitrogens with one attached hydrogen (secondary N) is 1. The molecule has 1 aliphatic carbocycles. The predicted octanol–water partition coefficient (Wildman–Crippen LogP) is 1.32. The molecule has 5 heteroatoms. The molecule has 3 N–H and O–H groups in total. The molecule has 14 heavy (non-hydrogen) atoms. The molecule has 0 aromatic rings. The Bertz CT molecular complexity index is 213. The van der Waals surface area contributed by atoms with E-state index in [9.17, 15) is 4.79 Å². The average molecular weight is 221 g/mol. The molecule has 0 radical (unpaired) electrons. The van der Waals surface area contributed by atoms with Crippen molar-refractivity contribution < 1.29 is 9.53 Å². The number of halogens is 1. The van der Waals surface area contributed by atoms with E-state index in [2.05, 4.69) is 4.74 Å². The van der Waals surface area contributed by atoms with Gasteiger partial charge in [-0.05, 0) is 25.7 Å². The molecule has 0 aliphatic heterocycles. The van der Waals surface area contributed by atoms with Gasteiger partial charge in [-0.25, -0.2) is 0 Å². The number of rotatable bonds is 2. The summed E-state index contributed by atoms with van der Waals surface area (Å²) in [7, 11) is 1.42. The molecular weight excluding hydrogens is 204 g/mol. The molecule has 0 aromatic carbocycles. The van der Waals surface area contributed by atoms with Crippen LogP contribution in [0.3, 0.4) is 0 Å². The van der Waals surface area contributed by atoms with Crippen molar-refractivity contribution in [1.82, 2.24) is 0 Å². The highest BCUT2D eigenvalue weighted by Crippen LogP contribution is 2.29. The second-order valence-corrected chi connectivity index (χ2v) is 3.53. The predicted molar refractivity (Wildman–Crippen MR) is 56.6 cm³/mol. The summed E-state index contributed by atoms with van der Waals surface area (Å²) in [5.74, 6) is 0.340. The van der Waals surface area contributed by atoms with Crippen molar-refractivity contribution in [3.8, 4) is 0 Å². The molecule has 1 fully saturated rings. The minimum atomic E-state index is -0.123. The summed E-state index contributed by atoms with van der Waals surface area (Å²) in [4.78, 5) is 11.1. The number of nitrogens with two attached hydrogens (primary N) is 1. The molecule has 1 aliphatic rings. The van der Waals surface area contributed by atoms with E-state index in [1.54, 1.807) is 0 Å². The fourth-order valence-corrected chi connectivity index (χ4v) is 1.81. The highest BCUT2D eigenvalue weighted by atomic mass is 35.5. The zero-order valence-corrected chi connectivity index (χ0v) is 9.10. The molecule has 0 saturated heterocycles. The first-order valence-corrected chi connectivity index (χ1v) is 4.57. The number of hydrogen-bond acceptors (Lipinski definition) is 3. The lowest BCUT2D eigenvalue weighted by Crippen LogP contribution is -2.29. The molecule has 82 valence electrons. The molecule has 0 atom stereocenters. The zero-order chi connectivity index (χ0) is 9.84. The summed E-state index contributed by atoms with van der Waals surface area (Å²) in [6.07, 6.45) is 3.29. The van der Waals surface area contributed by atoms with E-state index < -0.39 is 0 Å². The van der Waals surface area contributed by atoms with E-state index in [4.69, 9.17) is 11.1 Å². The SMILES string of the molecule is COC(=O)C1CCC(C(=N)N)CC1.Cl. The van der Waals surface area contributed by atoms with Crippen molar-refractivity contribution >= 4 is 24.2 Å². The first kappa shape index (κ1) is 13.2. The van der Waals surface area contributed by atoms with Gasteiger partial charge in [0.25, 0.3) is 0 Å². The van der Waals surface area contributed by atoms with Crippen LogP contribution in [0, 0.1) is 17.2 Å². The van der Waals surface area contributed by atoms with Crippen LogP contribution in [-0.2, 0) is 9.53 Å². The quantitative estimate of drug-likeness (QED) is 0.419. The topological polar surface area (TPSA) is 76.2 Å². The third-order valence-corrected chi connectivity index (χ3v) is 2.70. The summed E-state index contributed by atoms with van der Waals surface area (Å²) in [6.45, 7) is 0. The van der Waals surface area contributed by atoms with Gasteiger partial charge in [-0.3, -0.25) is 10.2 Å². The van der Waals surface area contributed by atoms with Crippen molar-refractivity contribution in [2.24, 2.45) is 17.6 Å². The van der Waals surface area contributed by atoms with E-state index in [1.807, 2.05) is 0 Å². The number of esters is 1. The van der Waals surface area contributed by atoms with Gasteiger partial charge in [-0.2, -0.15) is 0 Å². The molecular formula is C9H17ClN2O2. The van der Waals surface area contributed by atoms with Gasteiger partial charge in [0.15, 0.2) is 0 Å². The average Bonchev–Trinajstić information content (AvgIpc) is 2.17. The van der Waals surface area contributed by atoms with Crippen molar-refractivity contribution in [2.75, 3.05) is 7.11 Å². The van der Waals surface area contributed by atoms with Gasteiger partial charge < -0.3 is 10.5 Å². The highest BCUT2D eigenvalue weighted by molar-refractivity contribution is 5.85. The lowest BCUT2D eigenvalue weighted by atomic mass is 9.81. The van der Waals surface area contributed by atoms with Crippen LogP contribution in [0.25, 0.3) is 0 Å². The van der Waals surface area contributed by atoms with Crippen molar-refractivity contribution in [3.63, 3.8) is 0 Å². The Kier molecular flexibility index (Phi) is 5.53. The minimum Gasteiger partial charge on any atom is -0.469 e. The standard InChI is InChI=1S/C9H16N2O2.ClH/c1-13-9(12)7-4-2-6(3-5-7)8(10)11;/h6-7H,2-5H2,1H3,(H3,10,11);1H. The smallest absolute Gasteiger partial charge is 0.308 e. The first-order valence-electron chi connectivity index (χ1n) is 4.57. The van der Waals surface area contributed by atoms with Crippen LogP contribution >= 0.6 is 12.4 Å². The molecule has 0 amide bonds. The van der Waals surface area contributed by atoms with Crippen LogP contribution in [0.2, 0.25) is 0 Å². The second-order valence-electron chi connectivity index (χ2n) is 3.53. The number of ether oxygens (including phenoxy) is 1. The summed E-state index contributed by atoms with van der Waals surface area (Å²) in [5, 5.41) is 7.27. The normalized spacial score (nSPS) is 26.1. The van der Waals surface area contributed by atoms with Crippen LogP contribution in [0.4, 0.5) is 0 Å². The maximum absolute atomic E-state index is 11.1. The molecule has 4 nitrogen and oxygen atoms in total. The third-order valence-electron chi connectivity index (χ3n) is 2.70. The van der Waals surface area contributed by atoms with E-state index >= 15 is 0 Å². The Labute approximate surface area is 90.1 Å². The maximum Gasteiger partial charge on any atom is 0.308 e. The number of methoxy groups -OCH3 is 1. The second kappa shape index (κ2) is 5.86.